The van der Waals surface area contributed by atoms with Crippen LogP contribution >= 0.6 is 11.5 Å². The van der Waals surface area contributed by atoms with Gasteiger partial charge in [0.15, 0.2) is 11.5 Å². The predicted octanol–water partition coefficient (Wildman–Crippen LogP) is 1.86. The van der Waals surface area contributed by atoms with E-state index in [4.69, 9.17) is 5.26 Å². The Morgan fingerprint density at radius 1 is 1.40 bits per heavy atom. The van der Waals surface area contributed by atoms with E-state index >= 15 is 0 Å². The highest BCUT2D eigenvalue weighted by Crippen LogP contribution is 2.21. The molecule has 0 saturated heterocycles. The quantitative estimate of drug-likeness (QED) is 0.831. The maximum Gasteiger partial charge on any atom is 0.183 e. The second kappa shape index (κ2) is 4.02. The molecule has 0 fully saturated rings. The highest BCUT2D eigenvalue weighted by atomic mass is 32.1. The summed E-state index contributed by atoms with van der Waals surface area (Å²) >= 11 is 1.33. The van der Waals surface area contributed by atoms with Crippen molar-refractivity contribution in [3.05, 3.63) is 29.8 Å². The van der Waals surface area contributed by atoms with Crippen LogP contribution in [0.1, 0.15) is 11.4 Å². The lowest BCUT2D eigenvalue weighted by molar-refractivity contribution is 1.16. The van der Waals surface area contributed by atoms with Gasteiger partial charge in [0.25, 0.3) is 0 Å². The van der Waals surface area contributed by atoms with Gasteiger partial charge in [-0.05, 0) is 24.5 Å². The monoisotopic (exact) mass is 217 g/mol. The zero-order chi connectivity index (χ0) is 10.7. The van der Waals surface area contributed by atoms with Gasteiger partial charge in [0, 0.05) is 12.4 Å². The van der Waals surface area contributed by atoms with Crippen LogP contribution in [0.5, 0.6) is 0 Å². The molecule has 2 heterocycles. The van der Waals surface area contributed by atoms with Crippen LogP contribution in [0.4, 0.5) is 10.8 Å². The lowest BCUT2D eigenvalue weighted by atomic mass is 10.4. The summed E-state index contributed by atoms with van der Waals surface area (Å²) in [6.45, 7) is 1.91. The molecule has 0 aliphatic carbocycles. The van der Waals surface area contributed by atoms with E-state index in [9.17, 15) is 0 Å². The first-order chi connectivity index (χ1) is 7.29. The molecule has 0 aliphatic rings. The number of nitriles is 1. The van der Waals surface area contributed by atoms with E-state index in [1.807, 2.05) is 19.1 Å². The molecule has 2 aromatic rings. The normalized spacial score (nSPS) is 9.60. The molecular weight excluding hydrogens is 210 g/mol. The van der Waals surface area contributed by atoms with E-state index in [1.165, 1.54) is 23.9 Å². The molecule has 0 saturated carbocycles. The number of anilines is 2. The summed E-state index contributed by atoms with van der Waals surface area (Å²) < 4.78 is 4.12. The van der Waals surface area contributed by atoms with Gasteiger partial charge in [0.05, 0.1) is 5.69 Å². The predicted molar refractivity (Wildman–Crippen MR) is 56.9 cm³/mol. The van der Waals surface area contributed by atoms with E-state index < -0.39 is 0 Å². The lowest BCUT2D eigenvalue weighted by Gasteiger charge is -2.01. The van der Waals surface area contributed by atoms with Crippen molar-refractivity contribution in [3.8, 4) is 6.07 Å². The van der Waals surface area contributed by atoms with Gasteiger partial charge in [-0.2, -0.15) is 9.64 Å². The van der Waals surface area contributed by atoms with Crippen molar-refractivity contribution in [2.45, 2.75) is 6.92 Å². The zero-order valence-electron chi connectivity index (χ0n) is 7.93. The molecule has 2 aromatic heterocycles. The Hall–Kier alpha value is -2.00. The molecule has 2 rings (SSSR count). The van der Waals surface area contributed by atoms with Crippen LogP contribution in [0.25, 0.3) is 0 Å². The number of rotatable bonds is 2. The minimum Gasteiger partial charge on any atom is -0.328 e. The Bertz CT molecular complexity index is 513. The highest BCUT2D eigenvalue weighted by molar-refractivity contribution is 7.10. The Balaban J connectivity index is 2.28. The smallest absolute Gasteiger partial charge is 0.183 e. The van der Waals surface area contributed by atoms with Crippen molar-refractivity contribution in [2.75, 3.05) is 5.32 Å². The number of aryl methyl sites for hydroxylation is 1. The third-order valence-corrected chi connectivity index (χ3v) is 2.47. The first kappa shape index (κ1) is 9.55. The summed E-state index contributed by atoms with van der Waals surface area (Å²) in [5.41, 5.74) is 1.22. The minimum atomic E-state index is 0.281. The number of nitrogens with one attached hydrogen (secondary N) is 1. The molecule has 1 N–H and O–H groups in total. The molecule has 0 spiro atoms. The minimum absolute atomic E-state index is 0.281. The first-order valence-electron chi connectivity index (χ1n) is 4.21. The fourth-order valence-corrected chi connectivity index (χ4v) is 1.71. The molecule has 15 heavy (non-hydrogen) atoms. The fourth-order valence-electron chi connectivity index (χ4n) is 1.05. The Kier molecular flexibility index (Phi) is 2.56. The second-order valence-electron chi connectivity index (χ2n) is 2.82. The van der Waals surface area contributed by atoms with Gasteiger partial charge in [-0.15, -0.1) is 0 Å². The Morgan fingerprint density at radius 3 is 2.87 bits per heavy atom. The average Bonchev–Trinajstić information content (AvgIpc) is 2.65. The largest absolute Gasteiger partial charge is 0.328 e. The van der Waals surface area contributed by atoms with Crippen molar-refractivity contribution >= 4 is 22.4 Å². The maximum absolute atomic E-state index is 8.80. The van der Waals surface area contributed by atoms with Crippen LogP contribution in [0.15, 0.2) is 18.5 Å². The van der Waals surface area contributed by atoms with Gasteiger partial charge in [-0.1, -0.05) is 0 Å². The van der Waals surface area contributed by atoms with Crippen molar-refractivity contribution in [1.82, 2.24) is 14.3 Å². The third kappa shape index (κ3) is 2.08. The van der Waals surface area contributed by atoms with Crippen LogP contribution in [0.2, 0.25) is 0 Å². The van der Waals surface area contributed by atoms with Crippen LogP contribution < -0.4 is 5.32 Å². The van der Waals surface area contributed by atoms with Crippen LogP contribution in [-0.2, 0) is 0 Å². The molecule has 0 unspecified atom stereocenters. The van der Waals surface area contributed by atoms with E-state index in [-0.39, 0.29) is 5.69 Å². The maximum atomic E-state index is 8.80. The SMILES string of the molecule is Cc1cc(Nc2nccnc2C#N)sn1. The second-order valence-corrected chi connectivity index (χ2v) is 3.63. The lowest BCUT2D eigenvalue weighted by Crippen LogP contribution is -1.96. The summed E-state index contributed by atoms with van der Waals surface area (Å²) in [4.78, 5) is 7.94. The number of aromatic nitrogens is 3. The van der Waals surface area contributed by atoms with Gasteiger partial charge < -0.3 is 5.32 Å². The summed E-state index contributed by atoms with van der Waals surface area (Å²) in [6.07, 6.45) is 3.03. The third-order valence-electron chi connectivity index (χ3n) is 1.67. The van der Waals surface area contributed by atoms with E-state index in [0.29, 0.717) is 5.82 Å². The first-order valence-corrected chi connectivity index (χ1v) is 4.98. The molecule has 0 aromatic carbocycles. The molecule has 0 radical (unpaired) electrons. The molecule has 0 aliphatic heterocycles. The number of hydrogen-bond donors (Lipinski definition) is 1. The van der Waals surface area contributed by atoms with E-state index in [2.05, 4.69) is 19.7 Å². The van der Waals surface area contributed by atoms with Gasteiger partial charge in [0.1, 0.15) is 11.1 Å². The van der Waals surface area contributed by atoms with Gasteiger partial charge >= 0.3 is 0 Å². The van der Waals surface area contributed by atoms with Crippen LogP contribution in [0.3, 0.4) is 0 Å². The molecular formula is C9H7N5S. The molecule has 0 amide bonds. The molecule has 5 nitrogen and oxygen atoms in total. The van der Waals surface area contributed by atoms with Crippen molar-refractivity contribution in [3.63, 3.8) is 0 Å². The van der Waals surface area contributed by atoms with E-state index in [0.717, 1.165) is 10.7 Å². The molecule has 74 valence electrons. The Morgan fingerprint density at radius 2 is 2.20 bits per heavy atom. The number of nitrogens with zero attached hydrogens (tertiary/aromatic N) is 4. The fraction of sp³-hybridized carbons (Fsp3) is 0.111. The Labute approximate surface area is 90.6 Å². The topological polar surface area (TPSA) is 74.5 Å². The molecule has 0 atom stereocenters. The summed E-state index contributed by atoms with van der Waals surface area (Å²) in [7, 11) is 0. The van der Waals surface area contributed by atoms with Crippen LogP contribution in [0, 0.1) is 18.3 Å². The van der Waals surface area contributed by atoms with Crippen LogP contribution in [-0.4, -0.2) is 14.3 Å². The standard InChI is InChI=1S/C9H7N5S/c1-6-4-8(15-14-6)13-9-7(5-10)11-2-3-12-9/h2-4H,1H3,(H,12,13). The average molecular weight is 217 g/mol. The zero-order valence-corrected chi connectivity index (χ0v) is 8.75. The van der Waals surface area contributed by atoms with Crippen molar-refractivity contribution in [1.29, 1.82) is 5.26 Å². The van der Waals surface area contributed by atoms with Gasteiger partial charge in [0.2, 0.25) is 0 Å². The van der Waals surface area contributed by atoms with Gasteiger partial charge in [-0.25, -0.2) is 9.97 Å². The van der Waals surface area contributed by atoms with Crippen molar-refractivity contribution in [2.24, 2.45) is 0 Å². The summed E-state index contributed by atoms with van der Waals surface area (Å²) in [6, 6.07) is 3.86. The van der Waals surface area contributed by atoms with Gasteiger partial charge in [-0.3, -0.25) is 0 Å². The highest BCUT2D eigenvalue weighted by Gasteiger charge is 2.05. The number of hydrogen-bond acceptors (Lipinski definition) is 6. The molecule has 0 bridgehead atoms. The molecule has 6 heteroatoms. The summed E-state index contributed by atoms with van der Waals surface area (Å²) in [5, 5.41) is 12.7. The summed E-state index contributed by atoms with van der Waals surface area (Å²) in [5.74, 6) is 0.462. The van der Waals surface area contributed by atoms with Crippen molar-refractivity contribution < 1.29 is 0 Å². The van der Waals surface area contributed by atoms with E-state index in [1.54, 1.807) is 0 Å².